The highest BCUT2D eigenvalue weighted by Crippen LogP contribution is 2.44. The molecular formula is C62H69ClF3N9O8S3. The third-order valence-electron chi connectivity index (χ3n) is 17.4. The normalized spacial score (nSPS) is 21.0. The van der Waals surface area contributed by atoms with Gasteiger partial charge in [-0.05, 0) is 139 Å². The van der Waals surface area contributed by atoms with Gasteiger partial charge in [0.2, 0.25) is 5.91 Å². The Hall–Kier alpha value is -6.47. The number of sulfone groups is 1. The molecule has 0 aromatic heterocycles. The summed E-state index contributed by atoms with van der Waals surface area (Å²) in [5, 5.41) is 8.70. The molecule has 5 heterocycles. The van der Waals surface area contributed by atoms with Crippen LogP contribution in [0, 0.1) is 5.41 Å². The summed E-state index contributed by atoms with van der Waals surface area (Å²) in [4.78, 5) is 59.4. The summed E-state index contributed by atoms with van der Waals surface area (Å²) in [6.07, 6.45) is 5.44. The number of hydrogen-bond donors (Lipinski definition) is 3. The molecule has 6 aliphatic rings. The van der Waals surface area contributed by atoms with Crippen molar-refractivity contribution in [3.63, 3.8) is 0 Å². The third-order valence-corrected chi connectivity index (χ3v) is 21.7. The molecule has 1 aliphatic carbocycles. The van der Waals surface area contributed by atoms with Gasteiger partial charge in [-0.3, -0.25) is 34.4 Å². The number of alkyl halides is 3. The number of amides is 5. The lowest BCUT2D eigenvalue weighted by molar-refractivity contribution is -0.123. The first-order valence-electron chi connectivity index (χ1n) is 29.0. The predicted molar refractivity (Wildman–Crippen MR) is 325 cm³/mol. The zero-order chi connectivity index (χ0) is 60.7. The van der Waals surface area contributed by atoms with E-state index in [1.807, 2.05) is 59.3 Å². The maximum absolute atomic E-state index is 14.6. The van der Waals surface area contributed by atoms with Crippen molar-refractivity contribution in [1.29, 1.82) is 0 Å². The third kappa shape index (κ3) is 13.6. The highest BCUT2D eigenvalue weighted by Gasteiger charge is 2.49. The van der Waals surface area contributed by atoms with Crippen LogP contribution in [0.25, 0.3) is 5.57 Å². The number of likely N-dealkylation sites (tertiary alicyclic amines) is 1. The maximum atomic E-state index is 14.6. The molecule has 456 valence electrons. The van der Waals surface area contributed by atoms with Gasteiger partial charge in [-0.2, -0.15) is 13.2 Å². The van der Waals surface area contributed by atoms with Crippen LogP contribution in [0.3, 0.4) is 0 Å². The van der Waals surface area contributed by atoms with Crippen molar-refractivity contribution >= 4 is 83.9 Å². The smallest absolute Gasteiger partial charge is 0.380 e. The number of sulfonamides is 1. The first kappa shape index (κ1) is 61.2. The van der Waals surface area contributed by atoms with Crippen molar-refractivity contribution in [2.75, 3.05) is 74.9 Å². The molecule has 2 unspecified atom stereocenters. The molecule has 4 saturated heterocycles. The van der Waals surface area contributed by atoms with Crippen LogP contribution in [0.15, 0.2) is 136 Å². The van der Waals surface area contributed by atoms with Crippen LogP contribution >= 0.6 is 23.4 Å². The number of benzene rings is 5. The molecule has 2 bridgehead atoms. The average Bonchev–Trinajstić information content (AvgIpc) is 2.01. The number of anilines is 2. The number of piperazine rings is 2. The molecule has 3 atom stereocenters. The number of fused-ring (bicyclic) bond motifs is 3. The minimum atomic E-state index is -6.15. The number of rotatable bonds is 19. The van der Waals surface area contributed by atoms with E-state index in [0.717, 1.165) is 98.7 Å². The highest BCUT2D eigenvalue weighted by atomic mass is 35.5. The first-order valence-corrected chi connectivity index (χ1v) is 33.3. The number of hydrogen-bond acceptors (Lipinski definition) is 14. The van der Waals surface area contributed by atoms with E-state index in [4.69, 9.17) is 11.6 Å². The number of thioether (sulfide) groups is 1. The minimum absolute atomic E-state index is 0.0226. The van der Waals surface area contributed by atoms with E-state index in [2.05, 4.69) is 56.2 Å². The zero-order valence-corrected chi connectivity index (χ0v) is 51.0. The van der Waals surface area contributed by atoms with E-state index >= 15 is 0 Å². The van der Waals surface area contributed by atoms with Gasteiger partial charge in [-0.25, -0.2) is 36.4 Å². The molecule has 5 amide bonds. The Morgan fingerprint density at radius 1 is 0.802 bits per heavy atom. The molecule has 5 aromatic rings. The highest BCUT2D eigenvalue weighted by molar-refractivity contribution is 7.99. The lowest BCUT2D eigenvalue weighted by atomic mass is 9.73. The van der Waals surface area contributed by atoms with Gasteiger partial charge < -0.3 is 10.2 Å². The number of carbonyl (C=O) groups excluding carboxylic acids is 4. The molecule has 0 saturated carbocycles. The summed E-state index contributed by atoms with van der Waals surface area (Å²) in [5.74, 6) is -1.42. The number of nitrogens with one attached hydrogen (secondary N) is 3. The van der Waals surface area contributed by atoms with E-state index in [9.17, 15) is 49.2 Å². The van der Waals surface area contributed by atoms with Crippen molar-refractivity contribution in [2.45, 2.75) is 110 Å². The van der Waals surface area contributed by atoms with Gasteiger partial charge >= 0.3 is 11.5 Å². The first-order chi connectivity index (χ1) is 41.0. The quantitative estimate of drug-likeness (QED) is 0.0662. The summed E-state index contributed by atoms with van der Waals surface area (Å²) in [5.41, 5.74) is 1.10. The Bertz CT molecular complexity index is 3650. The van der Waals surface area contributed by atoms with Gasteiger partial charge in [-0.15, -0.1) is 11.8 Å². The van der Waals surface area contributed by atoms with E-state index in [1.165, 1.54) is 50.6 Å². The number of urea groups is 1. The number of nitrogens with zero attached hydrogens (tertiary/aromatic N) is 6. The Balaban J connectivity index is 0.734. The lowest BCUT2D eigenvalue weighted by Crippen LogP contribution is -2.56. The standard InChI is InChI=1S/C62H69ClF3N9O8S3/c1-61(2)25-22-53(42-9-13-46(63)14-10-42)45(34-61)36-70-28-30-72(31-29-70)48-15-11-43(12-16-48)58(77)69-86(82,83)52-19-21-55(56(33-52)85(80,81)62(64,65)66)67-47(40-84-51-6-4-3-5-7-51)23-26-73-49-17-18-50(73)39-71(38-49)35-41-8-20-54-44(32-41)37-75(59(54)78)74-27-24-57(76)68-60(74)79/h3-16,19-21,32-33,47,49-50,67H,17-18,22-31,34-40H2,1-2H3,(H,69,77)(H,68,76,79)/t47-,49?,50?/m1/s1. The Morgan fingerprint density at radius 3 is 2.20 bits per heavy atom. The predicted octanol–water partition coefficient (Wildman–Crippen LogP) is 9.66. The van der Waals surface area contributed by atoms with Crippen molar-refractivity contribution < 1.29 is 49.2 Å². The molecule has 17 nitrogen and oxygen atoms in total. The summed E-state index contributed by atoms with van der Waals surface area (Å²) in [6, 6.07) is 31.0. The summed E-state index contributed by atoms with van der Waals surface area (Å²) in [7, 11) is -11.1. The van der Waals surface area contributed by atoms with Crippen LogP contribution in [-0.2, 0) is 37.7 Å². The number of imide groups is 1. The van der Waals surface area contributed by atoms with E-state index in [-0.39, 0.29) is 54.4 Å². The number of carbonyl (C=O) groups is 4. The van der Waals surface area contributed by atoms with Gasteiger partial charge in [0.05, 0.1) is 23.7 Å². The SMILES string of the molecule is CC1(C)CCC(c2ccc(Cl)cc2)=C(CN2CCN(c3ccc(C(=O)NS(=O)(=O)c4ccc(N[C@H](CCN5C6CCC5CN(Cc5ccc7c(c5)CN(N5CCC(=O)NC5=O)C7=O)C6)CSc5ccccc5)c(S(=O)(=O)C(F)(F)F)c4)cc3)CC2)C1. The molecule has 86 heavy (non-hydrogen) atoms. The minimum Gasteiger partial charge on any atom is -0.380 e. The monoisotopic (exact) mass is 1260 g/mol. The second-order valence-corrected chi connectivity index (χ2v) is 29.1. The number of allylic oxidation sites excluding steroid dienone is 1. The Morgan fingerprint density at radius 2 is 1.51 bits per heavy atom. The summed E-state index contributed by atoms with van der Waals surface area (Å²) in [6.45, 7) is 11.4. The molecule has 3 N–H and O–H groups in total. The van der Waals surface area contributed by atoms with E-state index < -0.39 is 58.8 Å². The average molecular weight is 1260 g/mol. The largest absolute Gasteiger partial charge is 0.501 e. The maximum Gasteiger partial charge on any atom is 0.501 e. The van der Waals surface area contributed by atoms with Crippen molar-refractivity contribution in [2.24, 2.45) is 5.41 Å². The van der Waals surface area contributed by atoms with Crippen LogP contribution in [0.2, 0.25) is 5.02 Å². The Kier molecular flexibility index (Phi) is 17.8. The number of hydrazine groups is 1. The molecule has 0 spiro atoms. The van der Waals surface area contributed by atoms with Crippen molar-refractivity contribution in [1.82, 2.24) is 34.8 Å². The topological polar surface area (TPSA) is 192 Å². The molecule has 11 rings (SSSR count). The fourth-order valence-electron chi connectivity index (χ4n) is 12.9. The van der Waals surface area contributed by atoms with Crippen LogP contribution in [0.5, 0.6) is 0 Å². The second kappa shape index (κ2) is 25.0. The van der Waals surface area contributed by atoms with Crippen LogP contribution < -0.4 is 20.3 Å². The lowest BCUT2D eigenvalue weighted by Gasteiger charge is -2.41. The van der Waals surface area contributed by atoms with Gasteiger partial charge in [-0.1, -0.05) is 73.5 Å². The molecule has 5 aliphatic heterocycles. The molecule has 0 radical (unpaired) electrons. The van der Waals surface area contributed by atoms with Crippen LogP contribution in [-0.4, -0.2) is 154 Å². The summed E-state index contributed by atoms with van der Waals surface area (Å²) < 4.78 is 100. The van der Waals surface area contributed by atoms with Gasteiger partial charge in [0.1, 0.15) is 4.90 Å². The molecule has 24 heteroatoms. The van der Waals surface area contributed by atoms with Gasteiger partial charge in [0, 0.05) is 116 Å². The van der Waals surface area contributed by atoms with Crippen LogP contribution in [0.4, 0.5) is 29.3 Å². The van der Waals surface area contributed by atoms with E-state index in [0.29, 0.717) is 55.0 Å². The van der Waals surface area contributed by atoms with Crippen molar-refractivity contribution in [3.05, 3.63) is 154 Å². The number of halogens is 4. The van der Waals surface area contributed by atoms with Gasteiger partial charge in [0.25, 0.3) is 31.7 Å². The molecule has 5 aromatic carbocycles. The van der Waals surface area contributed by atoms with Crippen molar-refractivity contribution in [3.8, 4) is 0 Å². The second-order valence-electron chi connectivity index (χ2n) is 23.9. The van der Waals surface area contributed by atoms with Crippen LogP contribution in [0.1, 0.15) is 96.2 Å². The molecule has 4 fully saturated rings. The Labute approximate surface area is 509 Å². The fraction of sp³-hybridized carbons (Fsp3) is 0.419. The fourth-order valence-corrected chi connectivity index (χ4v) is 16.0. The zero-order valence-electron chi connectivity index (χ0n) is 47.8. The van der Waals surface area contributed by atoms with Gasteiger partial charge in [0.15, 0.2) is 0 Å². The summed E-state index contributed by atoms with van der Waals surface area (Å²) >= 11 is 7.66. The molecular weight excluding hydrogens is 1190 g/mol. The van der Waals surface area contributed by atoms with E-state index in [1.54, 1.807) is 18.2 Å².